The van der Waals surface area contributed by atoms with Gasteiger partial charge in [0.05, 0.1) is 11.4 Å². The minimum Gasteiger partial charge on any atom is -0.403 e. The number of nitrogens with zero attached hydrogens (tertiary/aromatic N) is 2. The molecule has 2 aromatic rings. The van der Waals surface area contributed by atoms with E-state index in [1.165, 1.54) is 5.56 Å². The topological polar surface area (TPSA) is 43.3 Å². The number of benzene rings is 1. The van der Waals surface area contributed by atoms with Crippen LogP contribution in [0.15, 0.2) is 69.4 Å². The first-order valence-electron chi connectivity index (χ1n) is 8.57. The first-order chi connectivity index (χ1) is 12.5. The van der Waals surface area contributed by atoms with Crippen LogP contribution in [-0.2, 0) is 0 Å². The molecule has 1 aliphatic rings. The van der Waals surface area contributed by atoms with Gasteiger partial charge >= 0.3 is 0 Å². The summed E-state index contributed by atoms with van der Waals surface area (Å²) in [6.45, 7) is 4.70. The molecule has 0 saturated heterocycles. The fourth-order valence-electron chi connectivity index (χ4n) is 3.03. The first kappa shape index (κ1) is 18.7. The summed E-state index contributed by atoms with van der Waals surface area (Å²) in [5.74, 6) is 0. The summed E-state index contributed by atoms with van der Waals surface area (Å²) in [7, 11) is 6.04. The molecule has 0 amide bonds. The molecule has 0 aliphatic carbocycles. The maximum atomic E-state index is 6.04. The molecule has 130 valence electrons. The molecule has 0 atom stereocenters. The number of allylic oxidation sites excluding steroid dienone is 3. The third kappa shape index (κ3) is 4.00. The van der Waals surface area contributed by atoms with Crippen molar-refractivity contribution in [3.05, 3.63) is 81.2 Å². The lowest BCUT2D eigenvalue weighted by atomic mass is 10.0. The van der Waals surface area contributed by atoms with Crippen molar-refractivity contribution in [2.45, 2.75) is 20.3 Å². The van der Waals surface area contributed by atoms with Crippen molar-refractivity contribution < 1.29 is 0 Å². The Balaban J connectivity index is 1.96. The second-order valence-corrected chi connectivity index (χ2v) is 7.24. The number of aryl methyl sites for hydroxylation is 1. The summed E-state index contributed by atoms with van der Waals surface area (Å²) < 4.78 is 2.70. The van der Waals surface area contributed by atoms with Crippen molar-refractivity contribution in [3.8, 4) is 0 Å². The first-order valence-corrected chi connectivity index (χ1v) is 9.36. The molecule has 3 rings (SSSR count). The highest BCUT2D eigenvalue weighted by atomic mass is 79.9. The third-order valence-electron chi connectivity index (χ3n) is 4.34. The molecule has 0 spiro atoms. The van der Waals surface area contributed by atoms with Gasteiger partial charge in [0.15, 0.2) is 0 Å². The molecule has 2 N–H and O–H groups in total. The van der Waals surface area contributed by atoms with Crippen molar-refractivity contribution in [2.24, 2.45) is 10.7 Å². The number of aliphatic imine (C=N–C) groups is 1. The lowest BCUT2D eigenvalue weighted by molar-refractivity contribution is 0.997. The van der Waals surface area contributed by atoms with Gasteiger partial charge in [0.1, 0.15) is 0 Å². The highest BCUT2D eigenvalue weighted by Crippen LogP contribution is 2.31. The molecule has 5 heteroatoms. The van der Waals surface area contributed by atoms with Gasteiger partial charge in [0.25, 0.3) is 0 Å². The zero-order chi connectivity index (χ0) is 18.7. The van der Waals surface area contributed by atoms with E-state index in [0.717, 1.165) is 44.7 Å². The second kappa shape index (κ2) is 8.06. The third-order valence-corrected chi connectivity index (χ3v) is 5.02. The summed E-state index contributed by atoms with van der Waals surface area (Å²) in [5.41, 5.74) is 13.2. The maximum Gasteiger partial charge on any atom is 0.234 e. The lowest BCUT2D eigenvalue weighted by Crippen LogP contribution is -2.05. The summed E-state index contributed by atoms with van der Waals surface area (Å²) in [4.78, 5) is 4.82. The number of halogens is 1. The highest BCUT2D eigenvalue weighted by Gasteiger charge is 2.16. The molecule has 26 heavy (non-hydrogen) atoms. The molecule has 2 radical (unpaired) electrons. The molecule has 0 unspecified atom stereocenters. The van der Waals surface area contributed by atoms with Gasteiger partial charge in [-0.05, 0) is 80.1 Å². The lowest BCUT2D eigenvalue weighted by Gasteiger charge is -2.11. The molecule has 3 nitrogen and oxygen atoms in total. The standard InChI is InChI=1S/C21H21BBrN3/c1-14-5-6-16(19(23)12-14)7-8-17-13-15(2)21(25-17)18(9-10-24)20-4-3-11-26(20)22/h3-8,11-13H,9-10,24H2,1-2H3/b8-7+,21-18-. The van der Waals surface area contributed by atoms with E-state index in [0.29, 0.717) is 6.54 Å². The average Bonchev–Trinajstić information content (AvgIpc) is 3.18. The van der Waals surface area contributed by atoms with E-state index in [2.05, 4.69) is 60.1 Å². The van der Waals surface area contributed by atoms with E-state index < -0.39 is 0 Å². The van der Waals surface area contributed by atoms with E-state index in [1.807, 2.05) is 24.4 Å². The highest BCUT2D eigenvalue weighted by molar-refractivity contribution is 9.10. The number of aromatic nitrogens is 1. The molecule has 2 heterocycles. The predicted octanol–water partition coefficient (Wildman–Crippen LogP) is 4.66. The molecule has 0 saturated carbocycles. The van der Waals surface area contributed by atoms with Crippen molar-refractivity contribution in [2.75, 3.05) is 6.54 Å². The number of hydrogen-bond acceptors (Lipinski definition) is 2. The van der Waals surface area contributed by atoms with Crippen LogP contribution in [0.5, 0.6) is 0 Å². The summed E-state index contributed by atoms with van der Waals surface area (Å²) in [6, 6.07) is 10.2. The number of rotatable bonds is 5. The van der Waals surface area contributed by atoms with Crippen LogP contribution in [0.3, 0.4) is 0 Å². The van der Waals surface area contributed by atoms with Gasteiger partial charge in [-0.3, -0.25) is 0 Å². The minimum absolute atomic E-state index is 0.550. The van der Waals surface area contributed by atoms with Crippen LogP contribution in [0.2, 0.25) is 0 Å². The van der Waals surface area contributed by atoms with Gasteiger partial charge in [-0.1, -0.05) is 34.1 Å². The van der Waals surface area contributed by atoms with E-state index in [1.54, 1.807) is 4.48 Å². The molecular formula is C21H21BBrN3. The van der Waals surface area contributed by atoms with Crippen LogP contribution in [0.25, 0.3) is 11.6 Å². The van der Waals surface area contributed by atoms with Crippen molar-refractivity contribution >= 4 is 41.3 Å². The molecule has 0 bridgehead atoms. The Morgan fingerprint density at radius 1 is 1.27 bits per heavy atom. The van der Waals surface area contributed by atoms with Crippen LogP contribution in [0.1, 0.15) is 30.2 Å². The zero-order valence-electron chi connectivity index (χ0n) is 15.0. The van der Waals surface area contributed by atoms with Gasteiger partial charge in [-0.2, -0.15) is 0 Å². The van der Waals surface area contributed by atoms with Crippen LogP contribution >= 0.6 is 15.9 Å². The Morgan fingerprint density at radius 2 is 2.08 bits per heavy atom. The maximum absolute atomic E-state index is 6.04. The van der Waals surface area contributed by atoms with Gasteiger partial charge in [-0.15, -0.1) is 0 Å². The van der Waals surface area contributed by atoms with Crippen LogP contribution in [-0.4, -0.2) is 24.7 Å². The van der Waals surface area contributed by atoms with E-state index in [9.17, 15) is 0 Å². The number of hydrogen-bond donors (Lipinski definition) is 1. The fraction of sp³-hybridized carbons (Fsp3) is 0.190. The molecule has 1 aromatic carbocycles. The van der Waals surface area contributed by atoms with E-state index in [-0.39, 0.29) is 0 Å². The average molecular weight is 406 g/mol. The Labute approximate surface area is 164 Å². The fourth-order valence-corrected chi connectivity index (χ4v) is 3.66. The summed E-state index contributed by atoms with van der Waals surface area (Å²) in [6.07, 6.45) is 8.76. The zero-order valence-corrected chi connectivity index (χ0v) is 16.6. The van der Waals surface area contributed by atoms with Gasteiger partial charge in [0.2, 0.25) is 7.98 Å². The Morgan fingerprint density at radius 3 is 2.73 bits per heavy atom. The molecule has 1 aliphatic heterocycles. The van der Waals surface area contributed by atoms with Gasteiger partial charge in [0, 0.05) is 15.7 Å². The normalized spacial score (nSPS) is 16.2. The summed E-state index contributed by atoms with van der Waals surface area (Å²) >= 11 is 3.61. The summed E-state index contributed by atoms with van der Waals surface area (Å²) in [5, 5.41) is 0. The SMILES string of the molecule is [B]n1cccc1/C(CCN)=C1N=C(/C=C/c2ccc(C)cc2Br)C=C\1C. The van der Waals surface area contributed by atoms with Crippen LogP contribution in [0.4, 0.5) is 0 Å². The smallest absolute Gasteiger partial charge is 0.234 e. The quantitative estimate of drug-likeness (QED) is 0.722. The predicted molar refractivity (Wildman–Crippen MR) is 115 cm³/mol. The largest absolute Gasteiger partial charge is 0.403 e. The van der Waals surface area contributed by atoms with Gasteiger partial charge in [-0.25, -0.2) is 4.99 Å². The Hall–Kier alpha value is -2.11. The minimum atomic E-state index is 0.550. The van der Waals surface area contributed by atoms with Crippen molar-refractivity contribution in [3.63, 3.8) is 0 Å². The Bertz CT molecular complexity index is 948. The molecule has 0 fully saturated rings. The Kier molecular flexibility index (Phi) is 5.79. The monoisotopic (exact) mass is 405 g/mol. The van der Waals surface area contributed by atoms with Crippen molar-refractivity contribution in [1.82, 2.24) is 4.48 Å². The molecule has 1 aromatic heterocycles. The molecular weight excluding hydrogens is 385 g/mol. The van der Waals surface area contributed by atoms with Crippen LogP contribution in [0, 0.1) is 6.92 Å². The van der Waals surface area contributed by atoms with Crippen LogP contribution < -0.4 is 5.73 Å². The van der Waals surface area contributed by atoms with E-state index >= 15 is 0 Å². The van der Waals surface area contributed by atoms with Gasteiger partial charge < -0.3 is 10.2 Å². The van der Waals surface area contributed by atoms with Crippen molar-refractivity contribution in [1.29, 1.82) is 0 Å². The second-order valence-electron chi connectivity index (χ2n) is 6.39. The number of nitrogens with two attached hydrogens (primary N) is 1. The van der Waals surface area contributed by atoms with E-state index in [4.69, 9.17) is 18.7 Å².